The lowest BCUT2D eigenvalue weighted by atomic mass is 10.0. The van der Waals surface area contributed by atoms with Crippen molar-refractivity contribution in [3.63, 3.8) is 0 Å². The van der Waals surface area contributed by atoms with Gasteiger partial charge in [0.2, 0.25) is 0 Å². The van der Waals surface area contributed by atoms with Gasteiger partial charge >= 0.3 is 13.9 Å². The highest BCUT2D eigenvalue weighted by molar-refractivity contribution is 7.46. The van der Waals surface area contributed by atoms with Crippen molar-refractivity contribution in [1.29, 1.82) is 0 Å². The largest absolute Gasteiger partial charge is 0.487 e. The maximum Gasteiger partial charge on any atom is 0.469 e. The quantitative estimate of drug-likeness (QED) is 0.313. The minimum Gasteiger partial charge on any atom is -0.487 e. The smallest absolute Gasteiger partial charge is 0.469 e. The van der Waals surface area contributed by atoms with Crippen LogP contribution in [0.3, 0.4) is 0 Å². The fourth-order valence-electron chi connectivity index (χ4n) is 6.16. The summed E-state index contributed by atoms with van der Waals surface area (Å²) < 4.78 is 64.6. The third-order valence-corrected chi connectivity index (χ3v) is 8.77. The number of benzene rings is 2. The second kappa shape index (κ2) is 10.4. The molecule has 4 heterocycles. The number of cyclic esters (lactones) is 1. The van der Waals surface area contributed by atoms with Gasteiger partial charge in [-0.2, -0.15) is 0 Å². The molecule has 3 atom stereocenters. The van der Waals surface area contributed by atoms with E-state index in [2.05, 4.69) is 4.52 Å². The zero-order valence-electron chi connectivity index (χ0n) is 23.1. The Balaban J connectivity index is 1.06. The van der Waals surface area contributed by atoms with Crippen LogP contribution >= 0.6 is 7.82 Å². The predicted molar refractivity (Wildman–Crippen MR) is 150 cm³/mol. The van der Waals surface area contributed by atoms with Crippen molar-refractivity contribution in [1.82, 2.24) is 4.57 Å². The van der Waals surface area contributed by atoms with Gasteiger partial charge in [-0.3, -0.25) is 14.2 Å². The summed E-state index contributed by atoms with van der Waals surface area (Å²) in [5.41, 5.74) is -0.969. The van der Waals surface area contributed by atoms with E-state index in [9.17, 15) is 19.3 Å². The monoisotopic (exact) mass is 635 g/mol. The lowest BCUT2D eigenvalue weighted by molar-refractivity contribution is 0.00980. The number of anilines is 2. The van der Waals surface area contributed by atoms with E-state index in [1.807, 2.05) is 4.57 Å². The highest BCUT2D eigenvalue weighted by Crippen LogP contribution is 2.48. The summed E-state index contributed by atoms with van der Waals surface area (Å²) in [7, 11) is -4.76. The van der Waals surface area contributed by atoms with E-state index in [0.717, 1.165) is 23.8 Å². The number of amides is 1. The second-order valence-corrected chi connectivity index (χ2v) is 12.8. The SMILES string of the molecule is O=C1O[C@@H](COP(=O)(O)O)CN1c1ccc(OC[C@]2(O)C[C@H]3COc4c(c(F)cc5c(=O)ccn(C6CC6)c45)N3C2)c(F)c1. The lowest BCUT2D eigenvalue weighted by Crippen LogP contribution is -2.41. The average Bonchev–Trinajstić information content (AvgIpc) is 3.65. The molecule has 234 valence electrons. The Morgan fingerprint density at radius 2 is 1.89 bits per heavy atom. The van der Waals surface area contributed by atoms with Gasteiger partial charge in [-0.1, -0.05) is 0 Å². The number of aromatic nitrogens is 1. The molecule has 3 aromatic rings. The Morgan fingerprint density at radius 1 is 1.09 bits per heavy atom. The van der Waals surface area contributed by atoms with E-state index < -0.39 is 43.9 Å². The molecule has 13 nitrogen and oxygen atoms in total. The van der Waals surface area contributed by atoms with Gasteiger partial charge in [-0.25, -0.2) is 18.1 Å². The molecule has 7 rings (SSSR count). The Morgan fingerprint density at radius 3 is 2.61 bits per heavy atom. The molecule has 3 aliphatic heterocycles. The molecule has 1 aliphatic carbocycles. The van der Waals surface area contributed by atoms with Crippen molar-refractivity contribution in [2.24, 2.45) is 0 Å². The molecule has 3 N–H and O–H groups in total. The van der Waals surface area contributed by atoms with Crippen molar-refractivity contribution in [3.05, 3.63) is 58.4 Å². The van der Waals surface area contributed by atoms with Crippen LogP contribution in [-0.2, 0) is 13.8 Å². The first kappa shape index (κ1) is 29.0. The van der Waals surface area contributed by atoms with Crippen LogP contribution in [-0.4, -0.2) is 76.2 Å². The maximum absolute atomic E-state index is 15.5. The number of hydrogen-bond acceptors (Lipinski definition) is 9. The number of carbonyl (C=O) groups is 1. The van der Waals surface area contributed by atoms with Crippen LogP contribution in [0.15, 0.2) is 41.3 Å². The number of ether oxygens (including phenoxy) is 3. The molecule has 16 heteroatoms. The normalized spacial score (nSPS) is 24.7. The van der Waals surface area contributed by atoms with Crippen molar-refractivity contribution in [2.75, 3.05) is 42.7 Å². The topological polar surface area (TPSA) is 160 Å². The molecule has 44 heavy (non-hydrogen) atoms. The Labute approximate surface area is 248 Å². The van der Waals surface area contributed by atoms with E-state index >= 15 is 8.78 Å². The third-order valence-electron chi connectivity index (χ3n) is 8.29. The summed E-state index contributed by atoms with van der Waals surface area (Å²) >= 11 is 0. The van der Waals surface area contributed by atoms with Crippen LogP contribution in [0.1, 0.15) is 25.3 Å². The highest BCUT2D eigenvalue weighted by atomic mass is 31.2. The molecular weight excluding hydrogens is 607 g/mol. The van der Waals surface area contributed by atoms with Crippen LogP contribution in [0.5, 0.6) is 11.5 Å². The van der Waals surface area contributed by atoms with E-state index in [4.69, 9.17) is 24.0 Å². The minimum absolute atomic E-state index is 0.0195. The number of rotatable bonds is 8. The summed E-state index contributed by atoms with van der Waals surface area (Å²) in [5.74, 6) is -1.38. The van der Waals surface area contributed by atoms with Gasteiger partial charge in [0, 0.05) is 30.8 Å². The summed E-state index contributed by atoms with van der Waals surface area (Å²) in [5, 5.41) is 11.7. The first-order valence-corrected chi connectivity index (χ1v) is 15.5. The number of phosphoric ester groups is 1. The number of carbonyl (C=O) groups excluding carboxylic acids is 1. The average molecular weight is 636 g/mol. The first-order valence-electron chi connectivity index (χ1n) is 14.0. The molecule has 2 saturated heterocycles. The number of fused-ring (bicyclic) bond motifs is 5. The molecule has 0 bridgehead atoms. The number of phosphoric acid groups is 1. The van der Waals surface area contributed by atoms with Crippen LogP contribution in [0.4, 0.5) is 25.0 Å². The molecule has 0 unspecified atom stereocenters. The minimum atomic E-state index is -4.76. The van der Waals surface area contributed by atoms with Gasteiger partial charge in [-0.05, 0) is 31.0 Å². The van der Waals surface area contributed by atoms with Crippen LogP contribution in [0, 0.1) is 11.6 Å². The third kappa shape index (κ3) is 5.28. The summed E-state index contributed by atoms with van der Waals surface area (Å²) in [6.07, 6.45) is 1.94. The van der Waals surface area contributed by atoms with E-state index in [1.54, 1.807) is 11.1 Å². The lowest BCUT2D eigenvalue weighted by Gasteiger charge is -2.34. The summed E-state index contributed by atoms with van der Waals surface area (Å²) in [4.78, 5) is 45.3. The van der Waals surface area contributed by atoms with Crippen molar-refractivity contribution < 1.29 is 51.8 Å². The maximum atomic E-state index is 15.5. The Kier molecular flexibility index (Phi) is 6.86. The molecule has 4 aliphatic rings. The van der Waals surface area contributed by atoms with Crippen LogP contribution < -0.4 is 24.7 Å². The van der Waals surface area contributed by atoms with Crippen LogP contribution in [0.2, 0.25) is 0 Å². The summed E-state index contributed by atoms with van der Waals surface area (Å²) in [6, 6.07) is 6.18. The van der Waals surface area contributed by atoms with E-state index in [0.29, 0.717) is 5.52 Å². The van der Waals surface area contributed by atoms with Crippen molar-refractivity contribution >= 4 is 36.2 Å². The van der Waals surface area contributed by atoms with Gasteiger partial charge in [0.05, 0.1) is 42.3 Å². The standard InChI is InChI=1S/C28H28F2N3O10P/c29-20-7-16(32-10-18(43-27(32)35)12-42-44(37,38)39)3-4-23(20)41-14-28(36)9-17-11-40-26-24-19(8-21(30)25(26)33(17)13-28)22(34)5-6-31(24)15-1-2-15/h3-8,15,17-18,36H,1-2,9-14H2,(H2,37,38,39)/t17-,18+,28-/m0/s1. The van der Waals surface area contributed by atoms with Gasteiger partial charge in [0.1, 0.15) is 30.6 Å². The molecule has 0 spiro atoms. The highest BCUT2D eigenvalue weighted by Gasteiger charge is 2.48. The number of pyridine rings is 1. The second-order valence-electron chi connectivity index (χ2n) is 11.6. The van der Waals surface area contributed by atoms with Crippen molar-refractivity contribution in [2.45, 2.75) is 43.1 Å². The molecule has 1 saturated carbocycles. The fraction of sp³-hybridized carbons (Fsp3) is 0.429. The van der Waals surface area contributed by atoms with E-state index in [1.165, 1.54) is 24.3 Å². The van der Waals surface area contributed by atoms with Crippen molar-refractivity contribution in [3.8, 4) is 11.5 Å². The van der Waals surface area contributed by atoms with Gasteiger partial charge in [0.15, 0.2) is 28.6 Å². The van der Waals surface area contributed by atoms with Gasteiger partial charge < -0.3 is 38.6 Å². The number of aliphatic hydroxyl groups is 1. The number of hydrogen-bond donors (Lipinski definition) is 3. The first-order chi connectivity index (χ1) is 20.9. The number of halogens is 2. The Bertz CT molecular complexity index is 1780. The Hall–Kier alpha value is -3.75. The predicted octanol–water partition coefficient (Wildman–Crippen LogP) is 2.83. The summed E-state index contributed by atoms with van der Waals surface area (Å²) in [6.45, 7) is -0.851. The number of nitrogens with zero attached hydrogens (tertiary/aromatic N) is 3. The fourth-order valence-corrected chi connectivity index (χ4v) is 6.52. The molecule has 0 radical (unpaired) electrons. The molecular formula is C28H28F2N3O10P. The van der Waals surface area contributed by atoms with Crippen LogP contribution in [0.25, 0.3) is 10.9 Å². The molecule has 1 aromatic heterocycles. The van der Waals surface area contributed by atoms with E-state index in [-0.39, 0.29) is 78.5 Å². The van der Waals surface area contributed by atoms with Gasteiger partial charge in [-0.15, -0.1) is 0 Å². The zero-order chi connectivity index (χ0) is 31.0. The molecule has 1 amide bonds. The molecule has 2 aromatic carbocycles. The van der Waals surface area contributed by atoms with Gasteiger partial charge in [0.25, 0.3) is 0 Å². The molecule has 3 fully saturated rings. The zero-order valence-corrected chi connectivity index (χ0v) is 24.0.